The minimum absolute atomic E-state index is 0.504. The highest BCUT2D eigenvalue weighted by Gasteiger charge is 2.20. The third-order valence-corrected chi connectivity index (χ3v) is 9.02. The summed E-state index contributed by atoms with van der Waals surface area (Å²) in [5.74, 6) is 1.51. The fourth-order valence-corrected chi connectivity index (χ4v) is 7.01. The second-order valence-corrected chi connectivity index (χ2v) is 12.0. The van der Waals surface area contributed by atoms with Crippen molar-refractivity contribution in [2.45, 2.75) is 33.1 Å². The van der Waals surface area contributed by atoms with Gasteiger partial charge >= 0.3 is 0 Å². The molecular weight excluding hydrogens is 520 g/mol. The number of para-hydroxylation sites is 2. The molecular formula is C41H34N2. The number of imidazole rings is 1. The minimum Gasteiger partial charge on any atom is -0.292 e. The van der Waals surface area contributed by atoms with Gasteiger partial charge in [-0.1, -0.05) is 116 Å². The molecule has 0 amide bonds. The van der Waals surface area contributed by atoms with Gasteiger partial charge in [-0.25, -0.2) is 4.98 Å². The van der Waals surface area contributed by atoms with Crippen LogP contribution in [0, 0.1) is 12.8 Å². The Morgan fingerprint density at radius 1 is 0.767 bits per heavy atom. The van der Waals surface area contributed by atoms with Gasteiger partial charge in [0, 0.05) is 11.3 Å². The van der Waals surface area contributed by atoms with E-state index >= 15 is 0 Å². The highest BCUT2D eigenvalue weighted by Crippen LogP contribution is 2.44. The molecule has 6 aromatic rings. The van der Waals surface area contributed by atoms with Crippen molar-refractivity contribution >= 4 is 43.7 Å². The van der Waals surface area contributed by atoms with Crippen LogP contribution in [0.15, 0.2) is 127 Å². The van der Waals surface area contributed by atoms with Gasteiger partial charge in [0.25, 0.3) is 0 Å². The molecule has 1 heterocycles. The van der Waals surface area contributed by atoms with E-state index in [0.29, 0.717) is 5.92 Å². The smallest absolute Gasteiger partial charge is 0.145 e. The van der Waals surface area contributed by atoms with Crippen molar-refractivity contribution in [1.82, 2.24) is 9.55 Å². The topological polar surface area (TPSA) is 17.8 Å². The molecule has 1 atom stereocenters. The van der Waals surface area contributed by atoms with E-state index in [-0.39, 0.29) is 0 Å². The highest BCUT2D eigenvalue weighted by atomic mass is 15.1. The lowest BCUT2D eigenvalue weighted by atomic mass is 9.83. The summed E-state index contributed by atoms with van der Waals surface area (Å²) >= 11 is 0. The quantitative estimate of drug-likeness (QED) is 0.198. The maximum absolute atomic E-state index is 5.11. The van der Waals surface area contributed by atoms with Crippen LogP contribution in [-0.2, 0) is 0 Å². The number of benzene rings is 5. The lowest BCUT2D eigenvalue weighted by Crippen LogP contribution is -2.03. The van der Waals surface area contributed by atoms with Gasteiger partial charge in [0.05, 0.1) is 11.0 Å². The Kier molecular flexibility index (Phi) is 6.22. The Hall–Kier alpha value is -4.95. The maximum atomic E-state index is 5.11. The molecule has 0 aliphatic heterocycles. The molecule has 208 valence electrons. The monoisotopic (exact) mass is 554 g/mol. The zero-order valence-corrected chi connectivity index (χ0v) is 24.7. The second-order valence-electron chi connectivity index (χ2n) is 12.0. The summed E-state index contributed by atoms with van der Waals surface area (Å²) in [7, 11) is 0. The first-order valence-electron chi connectivity index (χ1n) is 15.4. The van der Waals surface area contributed by atoms with Gasteiger partial charge in [-0.3, -0.25) is 4.57 Å². The molecule has 2 aliphatic carbocycles. The zero-order valence-electron chi connectivity index (χ0n) is 24.7. The van der Waals surface area contributed by atoms with Crippen LogP contribution < -0.4 is 0 Å². The average molecular weight is 555 g/mol. The van der Waals surface area contributed by atoms with E-state index in [1.165, 1.54) is 54.9 Å². The third kappa shape index (κ3) is 4.37. The van der Waals surface area contributed by atoms with Crippen molar-refractivity contribution in [2.24, 2.45) is 5.92 Å². The number of hydrogen-bond acceptors (Lipinski definition) is 1. The summed E-state index contributed by atoms with van der Waals surface area (Å²) in [6, 6.07) is 33.5. The van der Waals surface area contributed by atoms with Crippen LogP contribution in [0.4, 0.5) is 0 Å². The molecule has 1 aromatic heterocycles. The van der Waals surface area contributed by atoms with Crippen LogP contribution >= 0.6 is 0 Å². The number of aryl methyl sites for hydroxylation is 1. The zero-order chi connectivity index (χ0) is 28.9. The van der Waals surface area contributed by atoms with Crippen molar-refractivity contribution in [3.05, 3.63) is 144 Å². The summed E-state index contributed by atoms with van der Waals surface area (Å²) in [6.07, 6.45) is 16.9. The SMILES string of the molecule is Cc1ccc2c(C3=CC=CCC3)c3ccccc3c(-c3ccc(-n4c(C5=CC(C)CC=C5)nc5ccccc54)cc3)c2c1. The average Bonchev–Trinajstić information content (AvgIpc) is 3.44. The van der Waals surface area contributed by atoms with E-state index in [9.17, 15) is 0 Å². The van der Waals surface area contributed by atoms with Crippen LogP contribution in [0.3, 0.4) is 0 Å². The molecule has 1 unspecified atom stereocenters. The van der Waals surface area contributed by atoms with Crippen LogP contribution in [0.1, 0.15) is 43.1 Å². The van der Waals surface area contributed by atoms with Crippen LogP contribution in [-0.4, -0.2) is 9.55 Å². The third-order valence-electron chi connectivity index (χ3n) is 9.02. The van der Waals surface area contributed by atoms with Gasteiger partial charge in [0.2, 0.25) is 0 Å². The first kappa shape index (κ1) is 25.7. The van der Waals surface area contributed by atoms with E-state index in [1.807, 2.05) is 0 Å². The van der Waals surface area contributed by atoms with Crippen molar-refractivity contribution in [2.75, 3.05) is 0 Å². The summed E-state index contributed by atoms with van der Waals surface area (Å²) in [6.45, 7) is 4.47. The lowest BCUT2D eigenvalue weighted by molar-refractivity contribution is 0.738. The number of nitrogens with zero attached hydrogens (tertiary/aromatic N) is 2. The summed E-state index contributed by atoms with van der Waals surface area (Å²) in [5.41, 5.74) is 11.1. The molecule has 0 radical (unpaired) electrons. The van der Waals surface area contributed by atoms with E-state index in [1.54, 1.807) is 0 Å². The van der Waals surface area contributed by atoms with Gasteiger partial charge in [0.15, 0.2) is 0 Å². The molecule has 2 aliphatic rings. The molecule has 0 N–H and O–H groups in total. The fraction of sp³-hybridized carbons (Fsp3) is 0.146. The number of allylic oxidation sites excluding steroid dienone is 8. The normalized spacial score (nSPS) is 16.7. The van der Waals surface area contributed by atoms with E-state index in [0.717, 1.165) is 41.8 Å². The maximum Gasteiger partial charge on any atom is 0.145 e. The van der Waals surface area contributed by atoms with Crippen LogP contribution in [0.25, 0.3) is 60.5 Å². The molecule has 43 heavy (non-hydrogen) atoms. The number of fused-ring (bicyclic) bond motifs is 3. The van der Waals surface area contributed by atoms with Crippen molar-refractivity contribution in [3.8, 4) is 16.8 Å². The Bertz CT molecular complexity index is 2170. The Balaban J connectivity index is 1.34. The highest BCUT2D eigenvalue weighted by molar-refractivity contribution is 6.19. The second kappa shape index (κ2) is 10.4. The summed E-state index contributed by atoms with van der Waals surface area (Å²) < 4.78 is 2.32. The molecule has 0 bridgehead atoms. The van der Waals surface area contributed by atoms with E-state index < -0.39 is 0 Å². The number of hydrogen-bond donors (Lipinski definition) is 0. The first-order valence-corrected chi connectivity index (χ1v) is 15.4. The van der Waals surface area contributed by atoms with E-state index in [4.69, 9.17) is 4.98 Å². The van der Waals surface area contributed by atoms with Crippen molar-refractivity contribution < 1.29 is 0 Å². The van der Waals surface area contributed by atoms with Gasteiger partial charge in [-0.2, -0.15) is 0 Å². The molecule has 2 nitrogen and oxygen atoms in total. The molecule has 5 aromatic carbocycles. The molecule has 0 fully saturated rings. The van der Waals surface area contributed by atoms with Crippen LogP contribution in [0.2, 0.25) is 0 Å². The lowest BCUT2D eigenvalue weighted by Gasteiger charge is -2.20. The van der Waals surface area contributed by atoms with E-state index in [2.05, 4.69) is 146 Å². The molecule has 0 spiro atoms. The largest absolute Gasteiger partial charge is 0.292 e. The number of rotatable bonds is 4. The summed E-state index contributed by atoms with van der Waals surface area (Å²) in [4.78, 5) is 5.11. The molecule has 8 rings (SSSR count). The fourth-order valence-electron chi connectivity index (χ4n) is 7.01. The predicted molar refractivity (Wildman–Crippen MR) is 184 cm³/mol. The molecule has 2 heteroatoms. The van der Waals surface area contributed by atoms with Gasteiger partial charge in [-0.05, 0) is 100 Å². The van der Waals surface area contributed by atoms with Crippen molar-refractivity contribution in [1.29, 1.82) is 0 Å². The Morgan fingerprint density at radius 3 is 2.33 bits per heavy atom. The Labute approximate surface area is 253 Å². The molecule has 0 saturated carbocycles. The standard InChI is InChI=1S/C41H34N2/c1-27-11-10-14-31(25-27)41-42-37-17-8-9-18-38(37)43(41)32-22-20-30(21-23-32)40-34-16-7-6-15-33(34)39(29-12-4-3-5-13-29)35-24-19-28(2)26-36(35)40/h3-4,6-10,12,14-27H,5,11,13H2,1-2H3. The van der Waals surface area contributed by atoms with Gasteiger partial charge in [0.1, 0.15) is 5.82 Å². The van der Waals surface area contributed by atoms with Gasteiger partial charge in [-0.15, -0.1) is 0 Å². The first-order chi connectivity index (χ1) is 21.2. The number of aromatic nitrogens is 2. The predicted octanol–water partition coefficient (Wildman–Crippen LogP) is 11.0. The van der Waals surface area contributed by atoms with Crippen molar-refractivity contribution in [3.63, 3.8) is 0 Å². The molecule has 0 saturated heterocycles. The Morgan fingerprint density at radius 2 is 1.53 bits per heavy atom. The summed E-state index contributed by atoms with van der Waals surface area (Å²) in [5, 5.41) is 5.28. The van der Waals surface area contributed by atoms with Gasteiger partial charge < -0.3 is 0 Å². The van der Waals surface area contributed by atoms with Crippen LogP contribution in [0.5, 0.6) is 0 Å². The minimum atomic E-state index is 0.504.